The summed E-state index contributed by atoms with van der Waals surface area (Å²) in [4.78, 5) is 0. The van der Waals surface area contributed by atoms with Crippen molar-refractivity contribution in [3.05, 3.63) is 51.8 Å². The molecule has 0 spiro atoms. The Kier molecular flexibility index (Phi) is 3.81. The Morgan fingerprint density at radius 1 is 1.35 bits per heavy atom. The van der Waals surface area contributed by atoms with E-state index in [1.807, 2.05) is 12.1 Å². The minimum atomic E-state index is 0.484. The van der Waals surface area contributed by atoms with Crippen LogP contribution in [-0.4, -0.2) is 16.3 Å². The second-order valence-corrected chi connectivity index (χ2v) is 5.99. The summed E-state index contributed by atoms with van der Waals surface area (Å²) in [5, 5.41) is 5.51. The zero-order valence-corrected chi connectivity index (χ0v) is 12.5. The van der Waals surface area contributed by atoms with E-state index < -0.39 is 0 Å². The molecule has 20 heavy (non-hydrogen) atoms. The SMILES string of the molecule is Cc1nn(Cc2ccc(Cl)cc2)c2c1C(CN)CCC2. The molecule has 1 aliphatic rings. The molecule has 0 aliphatic heterocycles. The predicted octanol–water partition coefficient (Wildman–Crippen LogP) is 3.27. The first-order valence-corrected chi connectivity index (χ1v) is 7.57. The van der Waals surface area contributed by atoms with Crippen LogP contribution < -0.4 is 5.73 Å². The number of rotatable bonds is 3. The number of halogens is 1. The second-order valence-electron chi connectivity index (χ2n) is 5.55. The summed E-state index contributed by atoms with van der Waals surface area (Å²) in [5.41, 5.74) is 11.1. The van der Waals surface area contributed by atoms with Gasteiger partial charge in [-0.1, -0.05) is 23.7 Å². The van der Waals surface area contributed by atoms with Gasteiger partial charge in [0.2, 0.25) is 0 Å². The number of hydrogen-bond acceptors (Lipinski definition) is 2. The zero-order chi connectivity index (χ0) is 14.1. The summed E-state index contributed by atoms with van der Waals surface area (Å²) in [6.07, 6.45) is 3.51. The normalized spacial score (nSPS) is 18.1. The van der Waals surface area contributed by atoms with Gasteiger partial charge in [-0.3, -0.25) is 4.68 Å². The van der Waals surface area contributed by atoms with Crippen LogP contribution in [0.5, 0.6) is 0 Å². The zero-order valence-electron chi connectivity index (χ0n) is 11.8. The maximum Gasteiger partial charge on any atom is 0.0662 e. The maximum atomic E-state index is 5.94. The fraction of sp³-hybridized carbons (Fsp3) is 0.438. The number of benzene rings is 1. The molecular weight excluding hydrogens is 270 g/mol. The van der Waals surface area contributed by atoms with Crippen LogP contribution in [0.1, 0.15) is 41.3 Å². The van der Waals surface area contributed by atoms with Gasteiger partial charge < -0.3 is 5.73 Å². The molecule has 0 amide bonds. The van der Waals surface area contributed by atoms with Gasteiger partial charge >= 0.3 is 0 Å². The van der Waals surface area contributed by atoms with E-state index in [4.69, 9.17) is 22.4 Å². The average Bonchev–Trinajstić information content (AvgIpc) is 2.78. The van der Waals surface area contributed by atoms with Gasteiger partial charge in [0.15, 0.2) is 0 Å². The van der Waals surface area contributed by atoms with Gasteiger partial charge in [-0.05, 0) is 56.3 Å². The Balaban J connectivity index is 1.93. The molecule has 0 bridgehead atoms. The molecule has 3 rings (SSSR count). The Morgan fingerprint density at radius 2 is 2.10 bits per heavy atom. The van der Waals surface area contributed by atoms with E-state index in [1.165, 1.54) is 29.7 Å². The van der Waals surface area contributed by atoms with Crippen LogP contribution in [-0.2, 0) is 13.0 Å². The largest absolute Gasteiger partial charge is 0.330 e. The highest BCUT2D eigenvalue weighted by Gasteiger charge is 2.25. The van der Waals surface area contributed by atoms with Gasteiger partial charge in [0.1, 0.15) is 0 Å². The topological polar surface area (TPSA) is 43.8 Å². The third-order valence-electron chi connectivity index (χ3n) is 4.19. The lowest BCUT2D eigenvalue weighted by Crippen LogP contribution is -2.19. The first-order valence-electron chi connectivity index (χ1n) is 7.19. The molecule has 0 fully saturated rings. The molecule has 0 saturated carbocycles. The van der Waals surface area contributed by atoms with E-state index >= 15 is 0 Å². The lowest BCUT2D eigenvalue weighted by molar-refractivity contribution is 0.531. The molecule has 0 radical (unpaired) electrons. The monoisotopic (exact) mass is 289 g/mol. The Morgan fingerprint density at radius 3 is 2.80 bits per heavy atom. The molecule has 106 valence electrons. The van der Waals surface area contributed by atoms with Crippen LogP contribution >= 0.6 is 11.6 Å². The number of nitrogens with zero attached hydrogens (tertiary/aromatic N) is 2. The molecule has 1 heterocycles. The summed E-state index contributed by atoms with van der Waals surface area (Å²) in [6.45, 7) is 3.64. The van der Waals surface area contributed by atoms with Crippen LogP contribution in [0.25, 0.3) is 0 Å². The lowest BCUT2D eigenvalue weighted by atomic mass is 9.85. The molecule has 1 unspecified atom stereocenters. The predicted molar refractivity (Wildman–Crippen MR) is 82.3 cm³/mol. The van der Waals surface area contributed by atoms with Crippen molar-refractivity contribution in [3.8, 4) is 0 Å². The number of aromatic nitrogens is 2. The van der Waals surface area contributed by atoms with Crippen molar-refractivity contribution in [2.45, 2.75) is 38.6 Å². The van der Waals surface area contributed by atoms with Gasteiger partial charge in [0, 0.05) is 16.3 Å². The van der Waals surface area contributed by atoms with E-state index in [2.05, 4.69) is 23.7 Å². The molecule has 1 atom stereocenters. The summed E-state index contributed by atoms with van der Waals surface area (Å²) in [6, 6.07) is 7.99. The summed E-state index contributed by atoms with van der Waals surface area (Å²) >= 11 is 5.94. The molecule has 0 saturated heterocycles. The summed E-state index contributed by atoms with van der Waals surface area (Å²) in [5.74, 6) is 0.484. The Bertz CT molecular complexity index is 601. The third kappa shape index (κ3) is 2.48. The van der Waals surface area contributed by atoms with Crippen LogP contribution in [0, 0.1) is 6.92 Å². The fourth-order valence-corrected chi connectivity index (χ4v) is 3.35. The first kappa shape index (κ1) is 13.7. The Hall–Kier alpha value is -1.32. The quantitative estimate of drug-likeness (QED) is 0.942. The van der Waals surface area contributed by atoms with Crippen molar-refractivity contribution < 1.29 is 0 Å². The van der Waals surface area contributed by atoms with Gasteiger partial charge in [-0.15, -0.1) is 0 Å². The number of aryl methyl sites for hydroxylation is 1. The highest BCUT2D eigenvalue weighted by atomic mass is 35.5. The molecule has 1 aliphatic carbocycles. The van der Waals surface area contributed by atoms with Crippen LogP contribution in [0.15, 0.2) is 24.3 Å². The van der Waals surface area contributed by atoms with E-state index in [0.29, 0.717) is 5.92 Å². The third-order valence-corrected chi connectivity index (χ3v) is 4.44. The van der Waals surface area contributed by atoms with Crippen molar-refractivity contribution in [1.29, 1.82) is 0 Å². The second kappa shape index (κ2) is 5.58. The Labute approximate surface area is 124 Å². The number of hydrogen-bond donors (Lipinski definition) is 1. The number of fused-ring (bicyclic) bond motifs is 1. The minimum Gasteiger partial charge on any atom is -0.330 e. The van der Waals surface area contributed by atoms with Gasteiger partial charge in [-0.25, -0.2) is 0 Å². The van der Waals surface area contributed by atoms with Crippen molar-refractivity contribution in [1.82, 2.24) is 9.78 Å². The van der Waals surface area contributed by atoms with Gasteiger partial charge in [-0.2, -0.15) is 5.10 Å². The van der Waals surface area contributed by atoms with Crippen molar-refractivity contribution in [3.63, 3.8) is 0 Å². The average molecular weight is 290 g/mol. The highest BCUT2D eigenvalue weighted by molar-refractivity contribution is 6.30. The fourth-order valence-electron chi connectivity index (χ4n) is 3.23. The lowest BCUT2D eigenvalue weighted by Gasteiger charge is -2.22. The smallest absolute Gasteiger partial charge is 0.0662 e. The van der Waals surface area contributed by atoms with E-state index in [9.17, 15) is 0 Å². The molecule has 3 nitrogen and oxygen atoms in total. The molecule has 2 aromatic rings. The molecule has 1 aromatic heterocycles. The van der Waals surface area contributed by atoms with Crippen molar-refractivity contribution in [2.24, 2.45) is 5.73 Å². The van der Waals surface area contributed by atoms with E-state index in [1.54, 1.807) is 0 Å². The standard InChI is InChI=1S/C16H20ClN3/c1-11-16-13(9-18)3-2-4-15(16)20(19-11)10-12-5-7-14(17)8-6-12/h5-8,13H,2-4,9-10,18H2,1H3. The van der Waals surface area contributed by atoms with E-state index in [-0.39, 0.29) is 0 Å². The highest BCUT2D eigenvalue weighted by Crippen LogP contribution is 2.33. The van der Waals surface area contributed by atoms with Crippen molar-refractivity contribution >= 4 is 11.6 Å². The van der Waals surface area contributed by atoms with Gasteiger partial charge in [0.05, 0.1) is 12.2 Å². The minimum absolute atomic E-state index is 0.484. The maximum absolute atomic E-state index is 5.94. The molecule has 4 heteroatoms. The van der Waals surface area contributed by atoms with Crippen LogP contribution in [0.3, 0.4) is 0 Å². The van der Waals surface area contributed by atoms with Crippen molar-refractivity contribution in [2.75, 3.05) is 6.54 Å². The van der Waals surface area contributed by atoms with Crippen LogP contribution in [0.4, 0.5) is 0 Å². The first-order chi connectivity index (χ1) is 9.69. The molecule has 1 aromatic carbocycles. The number of nitrogens with two attached hydrogens (primary N) is 1. The van der Waals surface area contributed by atoms with Gasteiger partial charge in [0.25, 0.3) is 0 Å². The molecular formula is C16H20ClN3. The van der Waals surface area contributed by atoms with Crippen LogP contribution in [0.2, 0.25) is 5.02 Å². The summed E-state index contributed by atoms with van der Waals surface area (Å²) < 4.78 is 2.15. The summed E-state index contributed by atoms with van der Waals surface area (Å²) in [7, 11) is 0. The van der Waals surface area contributed by atoms with E-state index in [0.717, 1.165) is 30.2 Å². The molecule has 2 N–H and O–H groups in total.